The van der Waals surface area contributed by atoms with Gasteiger partial charge in [-0.15, -0.1) is 5.10 Å². The van der Waals surface area contributed by atoms with Crippen molar-refractivity contribution in [3.8, 4) is 0 Å². The Balaban J connectivity index is 1.35. The van der Waals surface area contributed by atoms with Crippen LogP contribution in [0.1, 0.15) is 25.3 Å². The van der Waals surface area contributed by atoms with Crippen molar-refractivity contribution in [3.05, 3.63) is 53.3 Å². The Morgan fingerprint density at radius 3 is 2.57 bits per heavy atom. The summed E-state index contributed by atoms with van der Waals surface area (Å²) in [7, 11) is 0. The topological polar surface area (TPSA) is 56.6 Å². The van der Waals surface area contributed by atoms with E-state index in [2.05, 4.69) is 38.9 Å². The molecule has 2 aliphatic heterocycles. The summed E-state index contributed by atoms with van der Waals surface area (Å²) in [6.45, 7) is 11.8. The van der Waals surface area contributed by atoms with Crippen LogP contribution in [-0.2, 0) is 6.54 Å². The molecule has 4 rings (SSSR count). The Labute approximate surface area is 182 Å². The van der Waals surface area contributed by atoms with E-state index in [4.69, 9.17) is 11.6 Å². The van der Waals surface area contributed by atoms with Gasteiger partial charge in [0.2, 0.25) is 0 Å². The Bertz CT molecular complexity index is 912. The molecule has 3 heterocycles. The zero-order valence-corrected chi connectivity index (χ0v) is 18.2. The zero-order valence-electron chi connectivity index (χ0n) is 17.5. The van der Waals surface area contributed by atoms with Crippen LogP contribution in [0.15, 0.2) is 42.7 Å². The Kier molecular flexibility index (Phi) is 6.29. The number of hydrogen-bond donors (Lipinski definition) is 1. The van der Waals surface area contributed by atoms with Crippen LogP contribution >= 0.6 is 11.6 Å². The lowest BCUT2D eigenvalue weighted by atomic mass is 10.1. The summed E-state index contributed by atoms with van der Waals surface area (Å²) in [4.78, 5) is 19.5. The molecule has 0 atom stereocenters. The van der Waals surface area contributed by atoms with Crippen LogP contribution in [0, 0.1) is 0 Å². The molecule has 1 aromatic carbocycles. The van der Waals surface area contributed by atoms with Gasteiger partial charge in [-0.05, 0) is 37.5 Å². The average molecular weight is 429 g/mol. The summed E-state index contributed by atoms with van der Waals surface area (Å²) in [5.74, 6) is 0.631. The van der Waals surface area contributed by atoms with Crippen LogP contribution in [0.3, 0.4) is 0 Å². The fourth-order valence-corrected chi connectivity index (χ4v) is 4.29. The first-order chi connectivity index (χ1) is 14.5. The highest BCUT2D eigenvalue weighted by Crippen LogP contribution is 2.29. The molecule has 0 saturated carbocycles. The maximum atomic E-state index is 12.8. The van der Waals surface area contributed by atoms with Crippen LogP contribution in [0.5, 0.6) is 0 Å². The molecule has 1 N–H and O–H groups in total. The number of aromatic nitrogens is 2. The second-order valence-corrected chi connectivity index (χ2v) is 8.50. The van der Waals surface area contributed by atoms with Gasteiger partial charge in [0.15, 0.2) is 5.82 Å². The van der Waals surface area contributed by atoms with Crippen LogP contribution in [0.2, 0.25) is 5.02 Å². The van der Waals surface area contributed by atoms with Crippen LogP contribution in [0.25, 0.3) is 0 Å². The van der Waals surface area contributed by atoms with Crippen molar-refractivity contribution < 1.29 is 4.79 Å². The Hall–Kier alpha value is -2.51. The third-order valence-electron chi connectivity index (χ3n) is 5.66. The summed E-state index contributed by atoms with van der Waals surface area (Å²) in [6.07, 6.45) is 4.17. The van der Waals surface area contributed by atoms with E-state index in [1.54, 1.807) is 12.3 Å². The van der Waals surface area contributed by atoms with Crippen molar-refractivity contribution >= 4 is 29.1 Å². The SMILES string of the molecule is C=C(C)Nc1ccn(C(=O)N2CCN(Cc3ccc(Cl)cc3N3CCCC3)CC2)n1. The minimum absolute atomic E-state index is 0.0892. The van der Waals surface area contributed by atoms with E-state index in [9.17, 15) is 4.79 Å². The van der Waals surface area contributed by atoms with E-state index in [1.807, 2.05) is 17.9 Å². The fourth-order valence-electron chi connectivity index (χ4n) is 4.12. The van der Waals surface area contributed by atoms with Gasteiger partial charge in [-0.3, -0.25) is 4.90 Å². The quantitative estimate of drug-likeness (QED) is 0.783. The number of nitrogens with one attached hydrogen (secondary N) is 1. The lowest BCUT2D eigenvalue weighted by molar-refractivity contribution is 0.134. The molecule has 160 valence electrons. The number of amides is 1. The minimum atomic E-state index is -0.0892. The Morgan fingerprint density at radius 2 is 1.87 bits per heavy atom. The van der Waals surface area contributed by atoms with E-state index >= 15 is 0 Å². The second-order valence-electron chi connectivity index (χ2n) is 8.06. The molecule has 1 amide bonds. The third-order valence-corrected chi connectivity index (χ3v) is 5.89. The van der Waals surface area contributed by atoms with E-state index in [0.717, 1.165) is 43.4 Å². The summed E-state index contributed by atoms with van der Waals surface area (Å²) in [6, 6.07) is 7.91. The van der Waals surface area contributed by atoms with E-state index in [-0.39, 0.29) is 6.03 Å². The molecule has 2 aromatic rings. The van der Waals surface area contributed by atoms with Crippen LogP contribution in [-0.4, -0.2) is 64.9 Å². The molecule has 30 heavy (non-hydrogen) atoms. The fraction of sp³-hybridized carbons (Fsp3) is 0.455. The molecular weight excluding hydrogens is 400 g/mol. The molecule has 2 saturated heterocycles. The first-order valence-corrected chi connectivity index (χ1v) is 10.9. The van der Waals surface area contributed by atoms with E-state index < -0.39 is 0 Å². The maximum Gasteiger partial charge on any atom is 0.344 e. The van der Waals surface area contributed by atoms with Gasteiger partial charge in [-0.25, -0.2) is 4.79 Å². The number of anilines is 2. The lowest BCUT2D eigenvalue weighted by Gasteiger charge is -2.35. The number of piperazine rings is 1. The normalized spacial score (nSPS) is 17.4. The molecule has 0 bridgehead atoms. The number of benzene rings is 1. The van der Waals surface area contributed by atoms with E-state index in [1.165, 1.54) is 28.8 Å². The van der Waals surface area contributed by atoms with Gasteiger partial charge >= 0.3 is 6.03 Å². The summed E-state index contributed by atoms with van der Waals surface area (Å²) >= 11 is 6.28. The number of hydrogen-bond acceptors (Lipinski definition) is 5. The van der Waals surface area contributed by atoms with Gasteiger partial charge in [0, 0.05) is 74.5 Å². The van der Waals surface area contributed by atoms with Gasteiger partial charge < -0.3 is 15.1 Å². The molecule has 2 aliphatic rings. The molecular formula is C22H29ClN6O. The van der Waals surface area contributed by atoms with Crippen molar-refractivity contribution in [2.45, 2.75) is 26.3 Å². The van der Waals surface area contributed by atoms with Crippen molar-refractivity contribution in [3.63, 3.8) is 0 Å². The summed E-state index contributed by atoms with van der Waals surface area (Å²) in [5, 5.41) is 8.12. The predicted octanol–water partition coefficient (Wildman–Crippen LogP) is 3.87. The average Bonchev–Trinajstić information content (AvgIpc) is 3.41. The van der Waals surface area contributed by atoms with Gasteiger partial charge in [0.05, 0.1) is 0 Å². The van der Waals surface area contributed by atoms with E-state index in [0.29, 0.717) is 18.9 Å². The van der Waals surface area contributed by atoms with Gasteiger partial charge in [-0.2, -0.15) is 4.68 Å². The first-order valence-electron chi connectivity index (χ1n) is 10.5. The zero-order chi connectivity index (χ0) is 21.1. The van der Waals surface area contributed by atoms with Crippen LogP contribution in [0.4, 0.5) is 16.3 Å². The standard InChI is InChI=1S/C22H29ClN6O/c1-17(2)24-21-7-10-29(25-21)22(30)28-13-11-26(12-14-28)16-18-5-6-19(23)15-20(18)27-8-3-4-9-27/h5-7,10,15H,1,3-4,8-9,11-14,16H2,2H3,(H,24,25). The highest BCUT2D eigenvalue weighted by atomic mass is 35.5. The molecule has 0 radical (unpaired) electrons. The van der Waals surface area contributed by atoms with Gasteiger partial charge in [0.1, 0.15) is 0 Å². The minimum Gasteiger partial charge on any atom is -0.371 e. The smallest absolute Gasteiger partial charge is 0.344 e. The lowest BCUT2D eigenvalue weighted by Crippen LogP contribution is -2.49. The van der Waals surface area contributed by atoms with Crippen molar-refractivity contribution in [1.82, 2.24) is 19.6 Å². The first kappa shape index (κ1) is 20.8. The molecule has 2 fully saturated rings. The highest BCUT2D eigenvalue weighted by molar-refractivity contribution is 6.30. The largest absolute Gasteiger partial charge is 0.371 e. The molecule has 8 heteroatoms. The number of rotatable bonds is 5. The van der Waals surface area contributed by atoms with Gasteiger partial charge in [0.25, 0.3) is 0 Å². The number of halogens is 1. The Morgan fingerprint density at radius 1 is 1.13 bits per heavy atom. The van der Waals surface area contributed by atoms with Gasteiger partial charge in [-0.1, -0.05) is 24.2 Å². The van der Waals surface area contributed by atoms with Crippen molar-refractivity contribution in [2.75, 3.05) is 49.5 Å². The maximum absolute atomic E-state index is 12.8. The van der Waals surface area contributed by atoms with Crippen LogP contribution < -0.4 is 10.2 Å². The summed E-state index contributed by atoms with van der Waals surface area (Å²) in [5.41, 5.74) is 3.35. The number of carbonyl (C=O) groups is 1. The molecule has 7 nitrogen and oxygen atoms in total. The third kappa shape index (κ3) is 4.79. The number of allylic oxidation sites excluding steroid dienone is 1. The van der Waals surface area contributed by atoms with Crippen molar-refractivity contribution in [2.24, 2.45) is 0 Å². The molecule has 0 aliphatic carbocycles. The van der Waals surface area contributed by atoms with Crippen molar-refractivity contribution in [1.29, 1.82) is 0 Å². The summed E-state index contributed by atoms with van der Waals surface area (Å²) < 4.78 is 1.39. The molecule has 0 unspecified atom stereocenters. The monoisotopic (exact) mass is 428 g/mol. The molecule has 1 aromatic heterocycles. The number of nitrogens with zero attached hydrogens (tertiary/aromatic N) is 5. The number of carbonyl (C=O) groups excluding carboxylic acids is 1. The molecule has 0 spiro atoms. The highest BCUT2D eigenvalue weighted by Gasteiger charge is 2.24. The second kappa shape index (κ2) is 9.10. The predicted molar refractivity (Wildman–Crippen MR) is 121 cm³/mol.